The van der Waals surface area contributed by atoms with Crippen molar-refractivity contribution in [2.45, 2.75) is 93.3 Å². The van der Waals surface area contributed by atoms with Crippen molar-refractivity contribution >= 4 is 36.0 Å². The predicted molar refractivity (Wildman–Crippen MR) is 187 cm³/mol. The van der Waals surface area contributed by atoms with Crippen LogP contribution in [0.3, 0.4) is 0 Å². The number of hydrogen-bond donors (Lipinski definition) is 3. The second kappa shape index (κ2) is 16.8. The van der Waals surface area contributed by atoms with Crippen molar-refractivity contribution in [1.29, 1.82) is 0 Å². The summed E-state index contributed by atoms with van der Waals surface area (Å²) < 4.78 is 12.0. The van der Waals surface area contributed by atoms with Crippen LogP contribution in [0.2, 0.25) is 0 Å². The molecule has 2 aromatic rings. The minimum Gasteiger partial charge on any atom is -0.507 e. The maximum atomic E-state index is 13.2. The number of para-hydroxylation sites is 1. The molecular weight excluding hydrogens is 674 g/mol. The normalized spacial score (nSPS) is 28.9. The molecule has 262 valence electrons. The number of amidine groups is 1. The van der Waals surface area contributed by atoms with Crippen LogP contribution in [0.15, 0.2) is 46.1 Å². The van der Waals surface area contributed by atoms with Gasteiger partial charge in [0.15, 0.2) is 6.29 Å². The topological polar surface area (TPSA) is 168 Å². The Bertz CT molecular complexity index is 1600. The van der Waals surface area contributed by atoms with Gasteiger partial charge in [0.1, 0.15) is 29.4 Å². The number of phenolic OH excluding ortho intramolecular Hbond substituents is 1. The fourth-order valence-electron chi connectivity index (χ4n) is 7.91. The van der Waals surface area contributed by atoms with Crippen LogP contribution in [0.5, 0.6) is 5.75 Å². The number of rotatable bonds is 6. The number of ether oxygens (including phenoxy) is 2. The van der Waals surface area contributed by atoms with Crippen molar-refractivity contribution in [1.82, 2.24) is 4.98 Å². The second-order valence-electron chi connectivity index (χ2n) is 14.4. The van der Waals surface area contributed by atoms with Crippen molar-refractivity contribution in [2.24, 2.45) is 46.2 Å². The van der Waals surface area contributed by atoms with E-state index in [4.69, 9.17) is 26.0 Å². The number of hydrogen-bond acceptors (Lipinski definition) is 9. The Labute approximate surface area is 302 Å². The molecule has 2 fully saturated rings. The first-order chi connectivity index (χ1) is 22.6. The molecule has 2 heterocycles. The van der Waals surface area contributed by atoms with Crippen LogP contribution in [-0.2, 0) is 33.7 Å². The number of carbonyl (C=O) groups is 3. The summed E-state index contributed by atoms with van der Waals surface area (Å²) in [5, 5.41) is 8.88. The van der Waals surface area contributed by atoms with Gasteiger partial charge in [-0.25, -0.2) is 14.6 Å². The molecule has 1 aromatic heterocycles. The molecule has 0 saturated heterocycles. The van der Waals surface area contributed by atoms with E-state index in [0.29, 0.717) is 46.2 Å². The van der Waals surface area contributed by atoms with Crippen LogP contribution >= 0.6 is 0 Å². The zero-order valence-corrected chi connectivity index (χ0v) is 33.1. The summed E-state index contributed by atoms with van der Waals surface area (Å²) in [6.07, 6.45) is 6.14. The molecule has 10 nitrogen and oxygen atoms in total. The molecule has 0 spiro atoms. The first kappa shape index (κ1) is 39.7. The van der Waals surface area contributed by atoms with Crippen LogP contribution in [0, 0.1) is 42.4 Å². The number of nitrogens with two attached hydrogens (primary N) is 2. The summed E-state index contributed by atoms with van der Waals surface area (Å²) in [4.78, 5) is 45.4. The van der Waals surface area contributed by atoms with E-state index >= 15 is 0 Å². The number of aliphatic imine (C=N–C) groups is 1. The number of carbonyl (C=O) groups excluding carboxylic acids is 3. The molecule has 4 atom stereocenters. The summed E-state index contributed by atoms with van der Waals surface area (Å²) in [5.74, 6) is 1.75. The number of esters is 2. The van der Waals surface area contributed by atoms with Gasteiger partial charge in [-0.15, -0.1) is 0 Å². The second-order valence-corrected chi connectivity index (χ2v) is 14.4. The largest absolute Gasteiger partial charge is 0.507 e. The number of aromatic hydroxyl groups is 1. The van der Waals surface area contributed by atoms with Gasteiger partial charge >= 0.3 is 11.9 Å². The number of aldehydes is 1. The van der Waals surface area contributed by atoms with Gasteiger partial charge in [0.05, 0.1) is 16.8 Å². The van der Waals surface area contributed by atoms with E-state index in [1.807, 2.05) is 0 Å². The van der Waals surface area contributed by atoms with Gasteiger partial charge in [0, 0.05) is 19.5 Å². The van der Waals surface area contributed by atoms with E-state index in [1.165, 1.54) is 6.07 Å². The molecule has 11 heteroatoms. The Hall–Kier alpha value is -3.72. The molecule has 1 aromatic carbocycles. The van der Waals surface area contributed by atoms with Gasteiger partial charge in [-0.1, -0.05) is 59.5 Å². The summed E-state index contributed by atoms with van der Waals surface area (Å²) in [7, 11) is 0. The van der Waals surface area contributed by atoms with E-state index in [2.05, 4.69) is 51.5 Å². The van der Waals surface area contributed by atoms with Crippen molar-refractivity contribution in [3.05, 3.63) is 63.5 Å². The molecule has 4 unspecified atom stereocenters. The molecule has 1 aliphatic heterocycles. The Morgan fingerprint density at radius 2 is 1.35 bits per heavy atom. The number of allylic oxidation sites excluding steroid dienone is 1. The predicted octanol–water partition coefficient (Wildman–Crippen LogP) is 6.61. The average Bonchev–Trinajstić information content (AvgIpc) is 3.45. The number of nitrogen functional groups attached to an aromatic ring is 1. The molecule has 49 heavy (non-hydrogen) atoms. The number of anilines is 1. The molecule has 0 amide bonds. The Kier molecular flexibility index (Phi) is 13.6. The van der Waals surface area contributed by atoms with Crippen molar-refractivity contribution in [3.8, 4) is 5.75 Å². The third-order valence-corrected chi connectivity index (χ3v) is 10.1. The van der Waals surface area contributed by atoms with Gasteiger partial charge in [-0.3, -0.25) is 4.79 Å². The zero-order valence-electron chi connectivity index (χ0n) is 30.2. The minimum atomic E-state index is -0.448. The number of aromatic nitrogens is 1. The van der Waals surface area contributed by atoms with Gasteiger partial charge in [0.25, 0.3) is 0 Å². The van der Waals surface area contributed by atoms with E-state index in [0.717, 1.165) is 25.7 Å². The van der Waals surface area contributed by atoms with Crippen molar-refractivity contribution < 1.29 is 48.4 Å². The van der Waals surface area contributed by atoms with Gasteiger partial charge in [-0.2, -0.15) is 0 Å². The Morgan fingerprint density at radius 3 is 1.82 bits per heavy atom. The third kappa shape index (κ3) is 9.10. The zero-order chi connectivity index (χ0) is 35.4. The van der Waals surface area contributed by atoms with E-state index in [1.54, 1.807) is 38.1 Å². The maximum Gasteiger partial charge on any atom is 0.342 e. The van der Waals surface area contributed by atoms with Crippen LogP contribution < -0.4 is 16.5 Å². The molecule has 0 bridgehead atoms. The fourth-order valence-corrected chi connectivity index (χ4v) is 7.91. The summed E-state index contributed by atoms with van der Waals surface area (Å²) >= 11 is 0. The SMILES string of the molecule is CC1=C(C(=O)OC2C(C)CC(C)CC2C)C(N)=N/C1=C\c1[n-]c(N)c(C(=O)OC2C(C)CC(C)CC2C)c1C.O=Cc1ccccc1O.[Zn]. The van der Waals surface area contributed by atoms with Crippen LogP contribution in [0.4, 0.5) is 5.82 Å². The van der Waals surface area contributed by atoms with Crippen molar-refractivity contribution in [3.63, 3.8) is 0 Å². The molecule has 3 aliphatic rings. The molecule has 5 rings (SSSR count). The molecule has 0 radical (unpaired) electrons. The number of benzene rings is 1. The quantitative estimate of drug-likeness (QED) is 0.169. The van der Waals surface area contributed by atoms with E-state index in [-0.39, 0.29) is 83.9 Å². The van der Waals surface area contributed by atoms with Crippen LogP contribution in [-0.4, -0.2) is 41.4 Å². The minimum absolute atomic E-state index is 0. The average molecular weight is 725 g/mol. The van der Waals surface area contributed by atoms with E-state index < -0.39 is 11.9 Å². The third-order valence-electron chi connectivity index (χ3n) is 10.1. The fraction of sp³-hybridized carbons (Fsp3) is 0.526. The summed E-state index contributed by atoms with van der Waals surface area (Å²) in [5.41, 5.74) is 15.5. The summed E-state index contributed by atoms with van der Waals surface area (Å²) in [6, 6.07) is 6.40. The maximum absolute atomic E-state index is 13.2. The molecule has 2 aliphatic carbocycles. The van der Waals surface area contributed by atoms with Crippen LogP contribution in [0.25, 0.3) is 6.08 Å². The molecule has 2 saturated carbocycles. The standard InChI is InChI=1S/C31H46N4O4.C7H6O2.Zn/c1-14-9-16(3)26(17(4)10-14)38-30(36)24-20(7)22(34-28(24)32)13-23-21(8)25(29(33)35-23)31(37)39-27-18(5)11-15(2)12-19(27)6;8-5-6-3-1-2-4-7(6)9;/h13-19,26-27H,9-12H2,1-8H3,(H5,32,33,34,35,36,37);1-5,9H;/p-1. The molecular formula is C38H51N4O6Zn-. The Morgan fingerprint density at radius 1 is 0.857 bits per heavy atom. The van der Waals surface area contributed by atoms with Gasteiger partial charge in [-0.05, 0) is 110 Å². The van der Waals surface area contributed by atoms with E-state index in [9.17, 15) is 14.4 Å². The van der Waals surface area contributed by atoms with Crippen molar-refractivity contribution in [2.75, 3.05) is 5.73 Å². The van der Waals surface area contributed by atoms with Gasteiger partial charge in [0.2, 0.25) is 0 Å². The van der Waals surface area contributed by atoms with Crippen LogP contribution in [0.1, 0.15) is 106 Å². The first-order valence-electron chi connectivity index (χ1n) is 17.0. The monoisotopic (exact) mass is 723 g/mol. The Balaban J connectivity index is 0.000000564. The summed E-state index contributed by atoms with van der Waals surface area (Å²) in [6.45, 7) is 16.6. The smallest absolute Gasteiger partial charge is 0.342 e. The number of nitrogens with zero attached hydrogens (tertiary/aromatic N) is 2. The van der Waals surface area contributed by atoms with Gasteiger partial charge < -0.3 is 31.0 Å². The molecule has 5 N–H and O–H groups in total. The number of phenols is 1. The first-order valence-corrected chi connectivity index (χ1v) is 17.0.